The molecule has 0 atom stereocenters. The number of nitrogen functional groups attached to an aromatic ring is 1. The number of fused-ring (bicyclic) bond motifs is 3. The summed E-state index contributed by atoms with van der Waals surface area (Å²) in [6, 6.07) is 53.7. The van der Waals surface area contributed by atoms with Crippen LogP contribution in [-0.4, -0.2) is 72.4 Å². The smallest absolute Gasteiger partial charge is 0.270 e. The van der Waals surface area contributed by atoms with Crippen molar-refractivity contribution in [2.24, 2.45) is 0 Å². The Bertz CT molecular complexity index is 4100. The van der Waals surface area contributed by atoms with E-state index in [4.69, 9.17) is 5.73 Å². The van der Waals surface area contributed by atoms with Crippen LogP contribution in [0.5, 0.6) is 0 Å². The Morgan fingerprint density at radius 2 is 1.03 bits per heavy atom. The Balaban J connectivity index is 0.000000123. The normalized spacial score (nSPS) is 10.5. The number of nitrogens with two attached hydrogens (primary N) is 1. The van der Waals surface area contributed by atoms with Crippen LogP contribution in [0.15, 0.2) is 207 Å². The topological polar surface area (TPSA) is 308 Å². The number of aldehydes is 1. The highest BCUT2D eigenvalue weighted by Gasteiger charge is 2.19. The van der Waals surface area contributed by atoms with Crippen LogP contribution in [0.2, 0.25) is 0 Å². The van der Waals surface area contributed by atoms with Gasteiger partial charge in [0, 0.05) is 88.7 Å². The Kier molecular flexibility index (Phi) is 16.4. The molecule has 13 aromatic rings. The van der Waals surface area contributed by atoms with E-state index in [2.05, 4.69) is 98.3 Å². The van der Waals surface area contributed by atoms with Crippen LogP contribution >= 0.6 is 0 Å². The molecule has 0 radical (unpaired) electrons. The number of nitrogens with one attached hydrogen (secondary N) is 8. The van der Waals surface area contributed by atoms with E-state index in [0.717, 1.165) is 109 Å². The average molecular weight is 1060 g/mol. The zero-order valence-electron chi connectivity index (χ0n) is 41.6. The van der Waals surface area contributed by atoms with Gasteiger partial charge in [0.1, 0.15) is 29.2 Å². The van der Waals surface area contributed by atoms with Crippen molar-refractivity contribution in [2.75, 3.05) is 11.1 Å². The van der Waals surface area contributed by atoms with Gasteiger partial charge in [-0.05, 0) is 103 Å². The molecule has 20 nitrogen and oxygen atoms in total. The monoisotopic (exact) mass is 1050 g/mol. The van der Waals surface area contributed by atoms with E-state index in [-0.39, 0.29) is 22.6 Å². The zero-order chi connectivity index (χ0) is 55.1. The lowest BCUT2D eigenvalue weighted by molar-refractivity contribution is -0.385. The van der Waals surface area contributed by atoms with Crippen LogP contribution in [0.3, 0.4) is 0 Å². The van der Waals surface area contributed by atoms with Gasteiger partial charge in [0.15, 0.2) is 0 Å². The largest absolute Gasteiger partial charge is 0.399 e. The first-order valence-corrected chi connectivity index (χ1v) is 24.2. The molecule has 6 aromatic carbocycles. The highest BCUT2D eigenvalue weighted by molar-refractivity contribution is 6.08. The van der Waals surface area contributed by atoms with Gasteiger partial charge in [0.05, 0.1) is 54.7 Å². The van der Waals surface area contributed by atoms with Crippen molar-refractivity contribution >= 4 is 67.5 Å². The number of rotatable bonds is 11. The number of halogens is 1. The number of H-pyrrole nitrogens is 7. The second kappa shape index (κ2) is 24.7. The number of carbonyl (C=O) groups is 2. The minimum absolute atomic E-state index is 0.0618. The molecule has 10 N–H and O–H groups in total. The molecule has 79 heavy (non-hydrogen) atoms. The third kappa shape index (κ3) is 12.9. The molecule has 0 unspecified atom stereocenters. The summed E-state index contributed by atoms with van der Waals surface area (Å²) in [4.78, 5) is 54.0. The quantitative estimate of drug-likeness (QED) is 0.0193. The number of benzene rings is 6. The van der Waals surface area contributed by atoms with Crippen molar-refractivity contribution in [2.45, 2.75) is 6.54 Å². The second-order valence-electron chi connectivity index (χ2n) is 17.2. The SMILES string of the molecule is Nc1ccc2[nH]nc(-c3ccc[nH]3)c2c1.O=C(c1ccc[nH]1)c1cc([N+](=O)[O-])ccc1F.O=Cc1ccccc1.O=[N+]([O-])c1ccc2[nH]nc(-c3ccc[nH]3)c2c1.c1ccc(CNc2ccc3[nH]nc(-c4ccc[nH]4)c3c2)cc1. The van der Waals surface area contributed by atoms with E-state index >= 15 is 0 Å². The highest BCUT2D eigenvalue weighted by atomic mass is 19.1. The number of aromatic amines is 7. The third-order valence-corrected chi connectivity index (χ3v) is 12.0. The van der Waals surface area contributed by atoms with Crippen molar-refractivity contribution in [3.05, 3.63) is 255 Å². The molecule has 7 aromatic heterocycles. The molecule has 21 heteroatoms. The molecule has 13 rings (SSSR count). The minimum Gasteiger partial charge on any atom is -0.399 e. The van der Waals surface area contributed by atoms with Gasteiger partial charge in [-0.25, -0.2) is 4.39 Å². The summed E-state index contributed by atoms with van der Waals surface area (Å²) >= 11 is 0. The number of ketones is 1. The van der Waals surface area contributed by atoms with E-state index in [0.29, 0.717) is 5.69 Å². The number of non-ortho nitro benzene ring substituents is 2. The molecular weight excluding hydrogens is 1010 g/mol. The number of hydrogen-bond acceptors (Lipinski definition) is 11. The van der Waals surface area contributed by atoms with Gasteiger partial charge in [-0.1, -0.05) is 60.7 Å². The van der Waals surface area contributed by atoms with E-state index < -0.39 is 21.4 Å². The van der Waals surface area contributed by atoms with Crippen molar-refractivity contribution < 1.29 is 23.8 Å². The fraction of sp³-hybridized carbons (Fsp3) is 0.0172. The molecule has 0 amide bonds. The van der Waals surface area contributed by atoms with Gasteiger partial charge in [-0.15, -0.1) is 0 Å². The van der Waals surface area contributed by atoms with Crippen LogP contribution in [0, 0.1) is 26.0 Å². The molecule has 0 aliphatic rings. The molecule has 0 bridgehead atoms. The Morgan fingerprint density at radius 1 is 0.544 bits per heavy atom. The lowest BCUT2D eigenvalue weighted by Crippen LogP contribution is -2.05. The predicted octanol–water partition coefficient (Wildman–Crippen LogP) is 12.6. The van der Waals surface area contributed by atoms with Gasteiger partial charge in [-0.3, -0.25) is 45.1 Å². The van der Waals surface area contributed by atoms with Crippen LogP contribution in [0.25, 0.3) is 66.9 Å². The fourth-order valence-electron chi connectivity index (χ4n) is 8.07. The summed E-state index contributed by atoms with van der Waals surface area (Å²) in [7, 11) is 0. The Hall–Kier alpha value is -11.5. The predicted molar refractivity (Wildman–Crippen MR) is 302 cm³/mol. The summed E-state index contributed by atoms with van der Waals surface area (Å²) in [5.74, 6) is -1.40. The maximum atomic E-state index is 13.4. The first-order valence-electron chi connectivity index (χ1n) is 24.2. The number of nitrogens with zero attached hydrogens (tertiary/aromatic N) is 5. The van der Waals surface area contributed by atoms with Crippen molar-refractivity contribution in [1.82, 2.24) is 50.5 Å². The fourth-order valence-corrected chi connectivity index (χ4v) is 8.07. The number of hydrogen-bond donors (Lipinski definition) is 9. The van der Waals surface area contributed by atoms with Crippen molar-refractivity contribution in [3.8, 4) is 34.2 Å². The van der Waals surface area contributed by atoms with Gasteiger partial charge in [0.25, 0.3) is 11.4 Å². The molecule has 0 spiro atoms. The molecule has 0 saturated heterocycles. The van der Waals surface area contributed by atoms with Crippen LogP contribution in [0.1, 0.15) is 32.0 Å². The lowest BCUT2D eigenvalue weighted by Gasteiger charge is -2.06. The summed E-state index contributed by atoms with van der Waals surface area (Å²) in [5, 5.41) is 49.4. The standard InChI is InChI=1S/C18H16N4.C11H7FN2O3.C11H8N4O2.C11H10N4.C7H6O/c1-2-5-13(6-3-1)12-20-14-8-9-16-15(11-14)18(22-21-16)17-7-4-10-19-17;12-9-4-3-7(14(16)17)6-8(9)11(15)10-2-1-5-13-10;16-15(17)7-3-4-9-8(6-7)11(14-13-9)10-2-1-5-12-10;12-7-3-4-9-8(6-7)11(15-14-9)10-2-1-5-13-10;8-6-7-4-2-1-3-5-7/h1-11,19-20H,12H2,(H,21,22);1-6,13H;1-6,12H,(H,13,14);1-6,13H,12H2,(H,14,15);1-6H. The second-order valence-corrected chi connectivity index (χ2v) is 17.2. The summed E-state index contributed by atoms with van der Waals surface area (Å²) in [5.41, 5.74) is 17.4. The summed E-state index contributed by atoms with van der Waals surface area (Å²) < 4.78 is 13.4. The zero-order valence-corrected chi connectivity index (χ0v) is 41.6. The van der Waals surface area contributed by atoms with Crippen LogP contribution < -0.4 is 11.1 Å². The first kappa shape index (κ1) is 52.4. The number of anilines is 2. The molecule has 7 heterocycles. The van der Waals surface area contributed by atoms with Gasteiger partial charge >= 0.3 is 0 Å². The van der Waals surface area contributed by atoms with Gasteiger partial charge < -0.3 is 31.0 Å². The van der Waals surface area contributed by atoms with E-state index in [1.54, 1.807) is 30.5 Å². The molecule has 0 fully saturated rings. The maximum absolute atomic E-state index is 13.4. The number of nitro groups is 2. The molecule has 0 saturated carbocycles. The number of aromatic nitrogens is 10. The highest BCUT2D eigenvalue weighted by Crippen LogP contribution is 2.30. The van der Waals surface area contributed by atoms with Gasteiger partial charge in [0.2, 0.25) is 5.78 Å². The molecular formula is C58H47FN14O6. The van der Waals surface area contributed by atoms with Gasteiger partial charge in [-0.2, -0.15) is 15.3 Å². The van der Waals surface area contributed by atoms with Crippen molar-refractivity contribution in [1.29, 1.82) is 0 Å². The Morgan fingerprint density at radius 3 is 1.53 bits per heavy atom. The summed E-state index contributed by atoms with van der Waals surface area (Å²) in [6.45, 7) is 0.808. The average Bonchev–Trinajstić information content (AvgIpc) is 4.43. The molecule has 392 valence electrons. The van der Waals surface area contributed by atoms with Crippen LogP contribution in [0.4, 0.5) is 27.1 Å². The first-order chi connectivity index (χ1) is 38.5. The number of nitro benzene ring substituents is 2. The van der Waals surface area contributed by atoms with Crippen molar-refractivity contribution in [3.63, 3.8) is 0 Å². The summed E-state index contributed by atoms with van der Waals surface area (Å²) in [6.07, 6.45) is 7.92. The lowest BCUT2D eigenvalue weighted by atomic mass is 10.1. The van der Waals surface area contributed by atoms with E-state index in [1.807, 2.05) is 91.3 Å². The van der Waals surface area contributed by atoms with Crippen LogP contribution in [-0.2, 0) is 6.54 Å². The Labute approximate surface area is 447 Å². The molecule has 0 aliphatic carbocycles. The minimum atomic E-state index is -0.782. The molecule has 0 aliphatic heterocycles. The number of carbonyl (C=O) groups excluding carboxylic acids is 2. The third-order valence-electron chi connectivity index (χ3n) is 12.0. The van der Waals surface area contributed by atoms with E-state index in [9.17, 15) is 34.2 Å². The van der Waals surface area contributed by atoms with E-state index in [1.165, 1.54) is 30.0 Å². The maximum Gasteiger partial charge on any atom is 0.270 e.